The van der Waals surface area contributed by atoms with E-state index in [0.29, 0.717) is 45.8 Å². The van der Waals surface area contributed by atoms with Gasteiger partial charge < -0.3 is 33.8 Å². The Labute approximate surface area is 339 Å². The smallest absolute Gasteiger partial charge is 0.426 e. The number of nitrogens with zero attached hydrogens (tertiary/aromatic N) is 4. The lowest BCUT2D eigenvalue weighted by molar-refractivity contribution is 0.294. The number of nitrogens with two attached hydrogens (primary N) is 2. The SMILES string of the molecule is CB1OB(C)OB(C)O1.COc1cc(Br)cc2cnc(Nc3ccc(S(N)(=O)=O)cc3)nc12.COc1cc(C)cc2cnc(Nc3ccc(S(N)(=O)=O)cc3)nc12. The largest absolute Gasteiger partial charge is 0.494 e. The quantitative estimate of drug-likeness (QED) is 0.137. The van der Waals surface area contributed by atoms with Crippen LogP contribution in [-0.4, -0.2) is 72.3 Å². The highest BCUT2D eigenvalue weighted by Gasteiger charge is 2.31. The van der Waals surface area contributed by atoms with Crippen LogP contribution in [0.1, 0.15) is 5.56 Å². The Kier molecular flexibility index (Phi) is 14.1. The first-order chi connectivity index (χ1) is 26.9. The van der Waals surface area contributed by atoms with Crippen molar-refractivity contribution in [2.24, 2.45) is 10.3 Å². The highest BCUT2D eigenvalue weighted by molar-refractivity contribution is 9.10. The maximum Gasteiger partial charge on any atom is 0.426 e. The Morgan fingerprint density at radius 2 is 1.02 bits per heavy atom. The summed E-state index contributed by atoms with van der Waals surface area (Å²) in [6, 6.07) is 19.6. The molecule has 0 atom stereocenters. The van der Waals surface area contributed by atoms with E-state index in [-0.39, 0.29) is 31.1 Å². The number of benzene rings is 4. The van der Waals surface area contributed by atoms with Crippen LogP contribution in [0.4, 0.5) is 23.3 Å². The summed E-state index contributed by atoms with van der Waals surface area (Å²) in [5.74, 6) is 2.04. The molecule has 0 aliphatic carbocycles. The first-order valence-corrected chi connectivity index (χ1v) is 20.9. The van der Waals surface area contributed by atoms with Gasteiger partial charge in [0, 0.05) is 39.0 Å². The lowest BCUT2D eigenvalue weighted by Gasteiger charge is -2.25. The van der Waals surface area contributed by atoms with Gasteiger partial charge in [0.25, 0.3) is 0 Å². The second-order valence-corrected chi connectivity index (χ2v) is 16.4. The van der Waals surface area contributed by atoms with Gasteiger partial charge >= 0.3 is 21.4 Å². The minimum atomic E-state index is -3.71. The Hall–Kier alpha value is -4.87. The number of halogens is 1. The molecule has 4 aromatic carbocycles. The van der Waals surface area contributed by atoms with Gasteiger partial charge in [-0.25, -0.2) is 47.0 Å². The fourth-order valence-electron chi connectivity index (χ4n) is 5.39. The third kappa shape index (κ3) is 12.1. The molecular weight excluding hydrogens is 841 g/mol. The van der Waals surface area contributed by atoms with Gasteiger partial charge in [-0.2, -0.15) is 0 Å². The van der Waals surface area contributed by atoms with Crippen LogP contribution in [0, 0.1) is 6.92 Å². The number of nitrogens with one attached hydrogen (secondary N) is 2. The number of ether oxygens (including phenoxy) is 2. The number of fused-ring (bicyclic) bond motifs is 2. The van der Waals surface area contributed by atoms with Crippen LogP contribution in [0.5, 0.6) is 11.5 Å². The van der Waals surface area contributed by atoms with E-state index in [4.69, 9.17) is 33.5 Å². The van der Waals surface area contributed by atoms with Crippen molar-refractivity contribution in [2.45, 2.75) is 37.2 Å². The van der Waals surface area contributed by atoms with Crippen molar-refractivity contribution in [1.29, 1.82) is 0 Å². The van der Waals surface area contributed by atoms with E-state index < -0.39 is 20.0 Å². The third-order valence-electron chi connectivity index (χ3n) is 7.87. The highest BCUT2D eigenvalue weighted by Crippen LogP contribution is 2.30. The number of hydrogen-bond acceptors (Lipinski definition) is 15. The number of aryl methyl sites for hydroxylation is 1. The van der Waals surface area contributed by atoms with Crippen molar-refractivity contribution >= 4 is 102 Å². The molecule has 17 nitrogen and oxygen atoms in total. The maximum absolute atomic E-state index is 11.3. The number of anilines is 4. The summed E-state index contributed by atoms with van der Waals surface area (Å²) < 4.78 is 72.0. The van der Waals surface area contributed by atoms with Crippen molar-refractivity contribution in [1.82, 2.24) is 19.9 Å². The lowest BCUT2D eigenvalue weighted by Crippen LogP contribution is -2.44. The lowest BCUT2D eigenvalue weighted by atomic mass is 9.74. The van der Waals surface area contributed by atoms with Gasteiger partial charge in [0.2, 0.25) is 31.9 Å². The van der Waals surface area contributed by atoms with E-state index in [0.717, 1.165) is 20.8 Å². The Balaban J connectivity index is 0.000000179. The molecule has 23 heteroatoms. The van der Waals surface area contributed by atoms with Gasteiger partial charge in [-0.1, -0.05) is 15.9 Å². The zero-order valence-corrected chi connectivity index (χ0v) is 34.8. The number of rotatable bonds is 8. The summed E-state index contributed by atoms with van der Waals surface area (Å²) in [5, 5.41) is 17.9. The molecule has 0 unspecified atom stereocenters. The van der Waals surface area contributed by atoms with Gasteiger partial charge in [0.15, 0.2) is 0 Å². The van der Waals surface area contributed by atoms with Gasteiger partial charge in [-0.05, 0) is 106 Å². The number of methoxy groups -OCH3 is 2. The van der Waals surface area contributed by atoms with E-state index in [1.165, 1.54) is 24.3 Å². The maximum atomic E-state index is 11.3. The van der Waals surface area contributed by atoms with Crippen LogP contribution in [0.3, 0.4) is 0 Å². The number of primary sulfonamides is 2. The third-order valence-corrected chi connectivity index (χ3v) is 10.2. The molecule has 2 aromatic heterocycles. The van der Waals surface area contributed by atoms with Crippen LogP contribution in [0.2, 0.25) is 20.5 Å². The molecule has 1 aliphatic heterocycles. The molecular formula is C34H38B3BrN8O9S2. The van der Waals surface area contributed by atoms with Gasteiger partial charge in [0.1, 0.15) is 22.5 Å². The Morgan fingerprint density at radius 1 is 0.632 bits per heavy atom. The summed E-state index contributed by atoms with van der Waals surface area (Å²) >= 11 is 3.41. The molecule has 0 radical (unpaired) electrons. The van der Waals surface area contributed by atoms with E-state index in [9.17, 15) is 16.8 Å². The van der Waals surface area contributed by atoms with E-state index in [1.54, 1.807) is 50.9 Å². The molecule has 1 aliphatic rings. The van der Waals surface area contributed by atoms with E-state index in [2.05, 4.69) is 46.5 Å². The van der Waals surface area contributed by atoms with Crippen molar-refractivity contribution in [2.75, 3.05) is 24.9 Å². The minimum absolute atomic E-state index is 0.0407. The van der Waals surface area contributed by atoms with Gasteiger partial charge in [-0.3, -0.25) is 0 Å². The first kappa shape index (κ1) is 43.3. The Morgan fingerprint density at radius 3 is 1.40 bits per heavy atom. The molecule has 0 saturated carbocycles. The summed E-state index contributed by atoms with van der Waals surface area (Å²) in [7, 11) is -4.67. The van der Waals surface area contributed by atoms with E-state index in [1.807, 2.05) is 51.7 Å². The molecule has 6 N–H and O–H groups in total. The molecule has 0 bridgehead atoms. The average molecular weight is 879 g/mol. The van der Waals surface area contributed by atoms with E-state index >= 15 is 0 Å². The van der Waals surface area contributed by atoms with Crippen LogP contribution in [0.15, 0.2) is 99.5 Å². The first-order valence-electron chi connectivity index (χ1n) is 17.0. The molecule has 1 fully saturated rings. The van der Waals surface area contributed by atoms with Gasteiger partial charge in [-0.15, -0.1) is 0 Å². The molecule has 3 heterocycles. The topological polar surface area (TPSA) is 242 Å². The number of sulfonamides is 2. The molecule has 0 spiro atoms. The second-order valence-electron chi connectivity index (χ2n) is 12.3. The molecule has 1 saturated heterocycles. The molecule has 7 rings (SSSR count). The second kappa shape index (κ2) is 18.6. The molecule has 296 valence electrons. The number of hydrogen-bond donors (Lipinski definition) is 4. The van der Waals surface area contributed by atoms with Crippen molar-refractivity contribution in [3.05, 3.63) is 95.2 Å². The highest BCUT2D eigenvalue weighted by atomic mass is 79.9. The van der Waals surface area contributed by atoms with Crippen LogP contribution in [0.25, 0.3) is 21.8 Å². The molecule has 57 heavy (non-hydrogen) atoms. The number of aromatic nitrogens is 4. The normalized spacial score (nSPS) is 13.0. The predicted octanol–water partition coefficient (Wildman–Crippen LogP) is 5.53. The molecule has 6 aromatic rings. The van der Waals surface area contributed by atoms with Crippen LogP contribution >= 0.6 is 15.9 Å². The summed E-state index contributed by atoms with van der Waals surface area (Å²) in [4.78, 5) is 17.5. The van der Waals surface area contributed by atoms with Crippen LogP contribution in [-0.2, 0) is 33.8 Å². The fourth-order valence-corrected chi connectivity index (χ4v) is 6.87. The summed E-state index contributed by atoms with van der Waals surface area (Å²) in [6.07, 6.45) is 3.38. The predicted molar refractivity (Wildman–Crippen MR) is 225 cm³/mol. The summed E-state index contributed by atoms with van der Waals surface area (Å²) in [5.41, 5.74) is 3.70. The zero-order valence-electron chi connectivity index (χ0n) is 31.6. The van der Waals surface area contributed by atoms with Crippen LogP contribution < -0.4 is 30.4 Å². The van der Waals surface area contributed by atoms with Crippen molar-refractivity contribution in [3.8, 4) is 11.5 Å². The standard InChI is InChI=1S/C16H16N4O3S.C15H13BrN4O3S.C3H9B3O3/c1-10-7-11-9-18-16(20-15(11)14(8-10)23-2)19-12-3-5-13(6-4-12)24(17,21)22;1-23-13-7-10(16)6-9-8-18-15(20-14(9)13)19-11-2-4-12(5-3-11)24(17,21)22;1-4-7-5(2)9-6(3)8-4/h3-9H,1-2H3,(H2,17,21,22)(H,18,19,20);2-8H,1H3,(H2,17,21,22)(H,18,19,20);1-3H3. The fraction of sp³-hybridized carbons (Fsp3) is 0.176. The zero-order chi connectivity index (χ0) is 41.5. The minimum Gasteiger partial charge on any atom is -0.494 e. The summed E-state index contributed by atoms with van der Waals surface area (Å²) in [6.45, 7) is 7.54. The molecule has 0 amide bonds. The monoisotopic (exact) mass is 878 g/mol. The van der Waals surface area contributed by atoms with Crippen molar-refractivity contribution in [3.63, 3.8) is 0 Å². The van der Waals surface area contributed by atoms with Crippen molar-refractivity contribution < 1.29 is 40.0 Å². The Bertz CT molecular complexity index is 2390. The average Bonchev–Trinajstić information content (AvgIpc) is 3.14. The van der Waals surface area contributed by atoms with Gasteiger partial charge in [0.05, 0.1) is 24.0 Å².